The normalized spacial score (nSPS) is 11.1. The Labute approximate surface area is 104 Å². The minimum atomic E-state index is -1.22. The molecule has 7 heteroatoms. The summed E-state index contributed by atoms with van der Waals surface area (Å²) in [4.78, 5) is 25.9. The van der Waals surface area contributed by atoms with Gasteiger partial charge >= 0.3 is 5.97 Å². The van der Waals surface area contributed by atoms with E-state index in [0.717, 1.165) is 0 Å². The molecular formula is C11H14N2O5. The number of esters is 1. The van der Waals surface area contributed by atoms with E-state index in [9.17, 15) is 14.9 Å². The van der Waals surface area contributed by atoms with Gasteiger partial charge < -0.3 is 4.74 Å². The number of rotatable bonds is 5. The van der Waals surface area contributed by atoms with Crippen molar-refractivity contribution in [3.63, 3.8) is 0 Å². The van der Waals surface area contributed by atoms with E-state index in [2.05, 4.69) is 4.84 Å². The molecule has 1 aromatic carbocycles. The van der Waals surface area contributed by atoms with E-state index in [1.807, 2.05) is 0 Å². The molecule has 0 atom stereocenters. The molecule has 0 saturated heterocycles. The number of nitrogens with zero attached hydrogens (tertiary/aromatic N) is 1. The van der Waals surface area contributed by atoms with Crippen LogP contribution in [0, 0.1) is 10.1 Å². The van der Waals surface area contributed by atoms with Gasteiger partial charge in [0.25, 0.3) is 5.69 Å². The van der Waals surface area contributed by atoms with Crippen molar-refractivity contribution >= 4 is 11.7 Å². The average molecular weight is 254 g/mol. The first kappa shape index (κ1) is 14.1. The van der Waals surface area contributed by atoms with E-state index < -0.39 is 16.5 Å². The number of nitro benzene ring substituents is 1. The fourth-order valence-corrected chi connectivity index (χ4v) is 1.08. The monoisotopic (exact) mass is 254 g/mol. The summed E-state index contributed by atoms with van der Waals surface area (Å²) in [5, 5.41) is 10.4. The van der Waals surface area contributed by atoms with Crippen LogP contribution in [0.4, 0.5) is 5.69 Å². The first-order valence-corrected chi connectivity index (χ1v) is 5.15. The Morgan fingerprint density at radius 3 is 2.39 bits per heavy atom. The highest BCUT2D eigenvalue weighted by Crippen LogP contribution is 2.14. The molecule has 0 aliphatic rings. The predicted octanol–water partition coefficient (Wildman–Crippen LogP) is 1.31. The average Bonchev–Trinajstić information content (AvgIpc) is 2.36. The van der Waals surface area contributed by atoms with E-state index in [0.29, 0.717) is 5.56 Å². The van der Waals surface area contributed by atoms with Crippen LogP contribution in [0.2, 0.25) is 0 Å². The second-order valence-corrected chi connectivity index (χ2v) is 4.13. The zero-order valence-electron chi connectivity index (χ0n) is 10.1. The van der Waals surface area contributed by atoms with Gasteiger partial charge in [-0.15, -0.1) is 0 Å². The quantitative estimate of drug-likeness (QED) is 0.482. The number of benzene rings is 1. The van der Waals surface area contributed by atoms with Gasteiger partial charge in [-0.25, -0.2) is 10.7 Å². The van der Waals surface area contributed by atoms with E-state index in [4.69, 9.17) is 10.6 Å². The van der Waals surface area contributed by atoms with Crippen molar-refractivity contribution in [2.75, 3.05) is 0 Å². The summed E-state index contributed by atoms with van der Waals surface area (Å²) in [5.74, 6) is 4.35. The Balaban J connectivity index is 2.59. The topological polar surface area (TPSA) is 105 Å². The Morgan fingerprint density at radius 2 is 1.94 bits per heavy atom. The molecule has 7 nitrogen and oxygen atoms in total. The van der Waals surface area contributed by atoms with Gasteiger partial charge in [0.05, 0.1) is 4.92 Å². The third-order valence-corrected chi connectivity index (χ3v) is 2.30. The number of ether oxygens (including phenoxy) is 1. The number of nitrogens with two attached hydrogens (primary N) is 1. The molecule has 0 spiro atoms. The lowest BCUT2D eigenvalue weighted by atomic mass is 10.1. The van der Waals surface area contributed by atoms with Crippen molar-refractivity contribution in [1.29, 1.82) is 0 Å². The predicted molar refractivity (Wildman–Crippen MR) is 62.2 cm³/mol. The molecule has 18 heavy (non-hydrogen) atoms. The summed E-state index contributed by atoms with van der Waals surface area (Å²) in [6.07, 6.45) is 0. The van der Waals surface area contributed by atoms with Crippen LogP contribution in [0.5, 0.6) is 0 Å². The van der Waals surface area contributed by atoms with Crippen molar-refractivity contribution in [3.8, 4) is 0 Å². The SMILES string of the molecule is CC(C)(ON)C(=O)OCc1ccc([N+](=O)[O-])cc1. The lowest BCUT2D eigenvalue weighted by molar-refractivity contribution is -0.384. The van der Waals surface area contributed by atoms with Gasteiger partial charge in [-0.3, -0.25) is 15.0 Å². The van der Waals surface area contributed by atoms with Crippen molar-refractivity contribution in [2.45, 2.75) is 26.1 Å². The van der Waals surface area contributed by atoms with Gasteiger partial charge in [-0.05, 0) is 31.5 Å². The summed E-state index contributed by atoms with van der Waals surface area (Å²) < 4.78 is 4.97. The highest BCUT2D eigenvalue weighted by molar-refractivity contribution is 5.78. The molecule has 0 saturated carbocycles. The van der Waals surface area contributed by atoms with Gasteiger partial charge in [-0.2, -0.15) is 0 Å². The molecule has 1 aromatic rings. The van der Waals surface area contributed by atoms with Crippen LogP contribution in [0.25, 0.3) is 0 Å². The van der Waals surface area contributed by atoms with Crippen LogP contribution in [-0.2, 0) is 21.0 Å². The van der Waals surface area contributed by atoms with Crippen molar-refractivity contribution in [2.24, 2.45) is 5.90 Å². The largest absolute Gasteiger partial charge is 0.459 e. The number of hydrogen-bond donors (Lipinski definition) is 1. The third-order valence-electron chi connectivity index (χ3n) is 2.30. The molecule has 1 rings (SSSR count). The molecule has 0 amide bonds. The fraction of sp³-hybridized carbons (Fsp3) is 0.364. The van der Waals surface area contributed by atoms with Crippen LogP contribution in [0.3, 0.4) is 0 Å². The van der Waals surface area contributed by atoms with Crippen molar-refractivity contribution in [3.05, 3.63) is 39.9 Å². The molecule has 0 aromatic heterocycles. The number of nitro groups is 1. The van der Waals surface area contributed by atoms with Gasteiger partial charge in [0.1, 0.15) is 6.61 Å². The van der Waals surface area contributed by atoms with Crippen LogP contribution in [0.15, 0.2) is 24.3 Å². The Bertz CT molecular complexity index is 441. The molecule has 0 aliphatic carbocycles. The van der Waals surface area contributed by atoms with Gasteiger partial charge in [0.2, 0.25) is 0 Å². The van der Waals surface area contributed by atoms with Crippen molar-refractivity contribution in [1.82, 2.24) is 0 Å². The van der Waals surface area contributed by atoms with Gasteiger partial charge in [0, 0.05) is 12.1 Å². The van der Waals surface area contributed by atoms with Crippen LogP contribution in [-0.4, -0.2) is 16.5 Å². The van der Waals surface area contributed by atoms with Gasteiger partial charge in [-0.1, -0.05) is 0 Å². The van der Waals surface area contributed by atoms with E-state index >= 15 is 0 Å². The zero-order chi connectivity index (χ0) is 13.8. The maximum Gasteiger partial charge on any atom is 0.340 e. The minimum Gasteiger partial charge on any atom is -0.459 e. The molecule has 98 valence electrons. The number of carbonyl (C=O) groups excluding carboxylic acids is 1. The smallest absolute Gasteiger partial charge is 0.340 e. The lowest BCUT2D eigenvalue weighted by Crippen LogP contribution is -2.38. The maximum atomic E-state index is 11.5. The molecular weight excluding hydrogens is 240 g/mol. The third kappa shape index (κ3) is 3.51. The Morgan fingerprint density at radius 1 is 1.39 bits per heavy atom. The molecule has 0 unspecified atom stereocenters. The summed E-state index contributed by atoms with van der Waals surface area (Å²) >= 11 is 0. The number of carbonyl (C=O) groups is 1. The van der Waals surface area contributed by atoms with Crippen molar-refractivity contribution < 1.29 is 19.3 Å². The first-order chi connectivity index (χ1) is 8.36. The summed E-state index contributed by atoms with van der Waals surface area (Å²) in [6, 6.07) is 5.71. The maximum absolute atomic E-state index is 11.5. The van der Waals surface area contributed by atoms with E-state index in [1.54, 1.807) is 0 Å². The van der Waals surface area contributed by atoms with Crippen LogP contribution < -0.4 is 5.90 Å². The molecule has 0 fully saturated rings. The first-order valence-electron chi connectivity index (χ1n) is 5.15. The van der Waals surface area contributed by atoms with E-state index in [1.165, 1.54) is 38.1 Å². The second-order valence-electron chi connectivity index (χ2n) is 4.13. The Kier molecular flexibility index (Phi) is 4.35. The zero-order valence-corrected chi connectivity index (χ0v) is 10.1. The molecule has 0 bridgehead atoms. The van der Waals surface area contributed by atoms with Gasteiger partial charge in [0.15, 0.2) is 5.60 Å². The standard InChI is InChI=1S/C11H14N2O5/c1-11(2,18-12)10(14)17-7-8-3-5-9(6-4-8)13(15)16/h3-6H,7,12H2,1-2H3. The molecule has 0 radical (unpaired) electrons. The Hall–Kier alpha value is -1.99. The highest BCUT2D eigenvalue weighted by atomic mass is 16.7. The number of hydrogen-bond acceptors (Lipinski definition) is 6. The summed E-state index contributed by atoms with van der Waals surface area (Å²) in [7, 11) is 0. The fourth-order valence-electron chi connectivity index (χ4n) is 1.08. The highest BCUT2D eigenvalue weighted by Gasteiger charge is 2.29. The lowest BCUT2D eigenvalue weighted by Gasteiger charge is -2.19. The molecule has 0 heterocycles. The van der Waals surface area contributed by atoms with Crippen LogP contribution in [0.1, 0.15) is 19.4 Å². The molecule has 0 aliphatic heterocycles. The number of non-ortho nitro benzene ring substituents is 1. The van der Waals surface area contributed by atoms with E-state index in [-0.39, 0.29) is 12.3 Å². The second kappa shape index (κ2) is 5.56. The molecule has 2 N–H and O–H groups in total. The summed E-state index contributed by atoms with van der Waals surface area (Å²) in [5.41, 5.74) is -0.599. The van der Waals surface area contributed by atoms with Crippen LogP contribution >= 0.6 is 0 Å². The minimum absolute atomic E-state index is 0.00359. The summed E-state index contributed by atoms with van der Waals surface area (Å²) in [6.45, 7) is 2.96.